The van der Waals surface area contributed by atoms with E-state index in [1.807, 2.05) is 65.1 Å². The molecule has 40 heavy (non-hydrogen) atoms. The summed E-state index contributed by atoms with van der Waals surface area (Å²) in [7, 11) is 0. The summed E-state index contributed by atoms with van der Waals surface area (Å²) in [5.74, 6) is -0.736. The van der Waals surface area contributed by atoms with Crippen LogP contribution in [0.2, 0.25) is 0 Å². The molecule has 1 fully saturated rings. The lowest BCUT2D eigenvalue weighted by Crippen LogP contribution is -2.42. The Morgan fingerprint density at radius 3 is 2.58 bits per heavy atom. The van der Waals surface area contributed by atoms with E-state index in [-0.39, 0.29) is 30.4 Å². The number of carbonyl (C=O) groups is 2. The molecular weight excluding hydrogens is 526 g/mol. The third-order valence-corrected chi connectivity index (χ3v) is 8.00. The number of nitrogens with zero attached hydrogens (tertiary/aromatic N) is 3. The minimum Gasteiger partial charge on any atom is -0.506 e. The lowest BCUT2D eigenvalue weighted by atomic mass is 10.1. The number of esters is 1. The number of fused-ring (bicyclic) bond motifs is 1. The van der Waals surface area contributed by atoms with Crippen LogP contribution in [-0.4, -0.2) is 64.4 Å². The van der Waals surface area contributed by atoms with Crippen molar-refractivity contribution in [1.29, 1.82) is 0 Å². The zero-order valence-corrected chi connectivity index (χ0v) is 23.8. The minimum atomic E-state index is -0.617. The molecule has 1 N–H and O–H groups in total. The molecule has 0 atom stereocenters. The Morgan fingerprint density at radius 1 is 1.12 bits per heavy atom. The monoisotopic (exact) mass is 559 g/mol. The number of aliphatic imine (C=N–C) groups is 1. The van der Waals surface area contributed by atoms with E-state index in [1.54, 1.807) is 6.92 Å². The van der Waals surface area contributed by atoms with Gasteiger partial charge in [0.05, 0.1) is 35.9 Å². The molecule has 0 unspecified atom stereocenters. The summed E-state index contributed by atoms with van der Waals surface area (Å²) in [5.41, 5.74) is 4.79. The fourth-order valence-corrected chi connectivity index (χ4v) is 5.94. The third-order valence-electron chi connectivity index (χ3n) is 6.98. The molecule has 1 saturated heterocycles. The number of ether oxygens (including phenoxy) is 2. The highest BCUT2D eigenvalue weighted by atomic mass is 32.2. The standard InChI is InChI=1S/C31H33N3O5S/c1-4-21-7-6-8-24-22(18-34(28(21)24)19-26(35)33-13-15-38-16-14-33)17-25-29(36)27(31(37)39-5-2)30(40-25)32-23-11-9-20(3)10-12-23/h6-12,17-18,36H,4-5,13-16,19H2,1-3H3/b25-17-,32-30?. The highest BCUT2D eigenvalue weighted by molar-refractivity contribution is 8.18. The van der Waals surface area contributed by atoms with Crippen molar-refractivity contribution < 1.29 is 24.2 Å². The number of aliphatic hydroxyl groups excluding tert-OH is 1. The summed E-state index contributed by atoms with van der Waals surface area (Å²) in [6, 6.07) is 13.7. The van der Waals surface area contributed by atoms with Crippen LogP contribution in [0.4, 0.5) is 5.69 Å². The van der Waals surface area contributed by atoms with Crippen LogP contribution in [0.5, 0.6) is 0 Å². The number of rotatable bonds is 7. The molecule has 1 amide bonds. The molecule has 8 nitrogen and oxygen atoms in total. The fraction of sp³-hybridized carbons (Fsp3) is 0.323. The molecule has 0 aliphatic carbocycles. The smallest absolute Gasteiger partial charge is 0.344 e. The molecule has 3 aromatic rings. The second kappa shape index (κ2) is 12.1. The SMILES string of the molecule is CCOC(=O)C1=C(O)/C(=C/c2cn(CC(=O)N3CCOCC3)c3c(CC)cccc23)SC1=Nc1ccc(C)cc1. The summed E-state index contributed by atoms with van der Waals surface area (Å²) >= 11 is 1.23. The van der Waals surface area contributed by atoms with Crippen LogP contribution < -0.4 is 0 Å². The molecule has 0 saturated carbocycles. The molecule has 0 spiro atoms. The second-order valence-corrected chi connectivity index (χ2v) is 10.7. The van der Waals surface area contributed by atoms with Gasteiger partial charge in [-0.05, 0) is 44.0 Å². The number of aliphatic hydroxyl groups is 1. The molecule has 3 heterocycles. The molecule has 5 rings (SSSR count). The number of para-hydroxylation sites is 1. The van der Waals surface area contributed by atoms with Crippen LogP contribution in [0, 0.1) is 6.92 Å². The number of amides is 1. The first kappa shape index (κ1) is 27.7. The predicted octanol–water partition coefficient (Wildman–Crippen LogP) is 5.56. The molecule has 1 aromatic heterocycles. The Morgan fingerprint density at radius 2 is 1.88 bits per heavy atom. The number of hydrogen-bond acceptors (Lipinski definition) is 7. The first-order valence-corrected chi connectivity index (χ1v) is 14.3. The van der Waals surface area contributed by atoms with Crippen molar-refractivity contribution in [3.05, 3.63) is 81.6 Å². The number of thioether (sulfide) groups is 1. The van der Waals surface area contributed by atoms with Crippen LogP contribution in [-0.2, 0) is 32.0 Å². The van der Waals surface area contributed by atoms with Gasteiger partial charge >= 0.3 is 5.97 Å². The van der Waals surface area contributed by atoms with E-state index in [0.29, 0.717) is 41.9 Å². The Labute approximate surface area is 238 Å². The maximum Gasteiger partial charge on any atom is 0.344 e. The highest BCUT2D eigenvalue weighted by Gasteiger charge is 2.33. The van der Waals surface area contributed by atoms with Gasteiger partial charge in [-0.1, -0.05) is 54.6 Å². The fourth-order valence-electron chi connectivity index (χ4n) is 4.92. The molecule has 0 radical (unpaired) electrons. The number of aromatic nitrogens is 1. The zero-order valence-electron chi connectivity index (χ0n) is 23.0. The first-order valence-electron chi connectivity index (χ1n) is 13.5. The normalized spacial score (nSPS) is 17.8. The van der Waals surface area contributed by atoms with Crippen LogP contribution in [0.25, 0.3) is 17.0 Å². The van der Waals surface area contributed by atoms with Gasteiger partial charge in [0, 0.05) is 30.2 Å². The second-order valence-electron chi connectivity index (χ2n) is 9.68. The largest absolute Gasteiger partial charge is 0.506 e. The van der Waals surface area contributed by atoms with E-state index in [9.17, 15) is 14.7 Å². The molecule has 208 valence electrons. The number of aryl methyl sites for hydroxylation is 2. The van der Waals surface area contributed by atoms with Crippen molar-refractivity contribution in [2.24, 2.45) is 4.99 Å². The van der Waals surface area contributed by atoms with E-state index < -0.39 is 5.97 Å². The predicted molar refractivity (Wildman–Crippen MR) is 159 cm³/mol. The summed E-state index contributed by atoms with van der Waals surface area (Å²) in [6.45, 7) is 8.48. The molecule has 9 heteroatoms. The van der Waals surface area contributed by atoms with Crippen molar-refractivity contribution in [1.82, 2.24) is 9.47 Å². The first-order chi connectivity index (χ1) is 19.4. The highest BCUT2D eigenvalue weighted by Crippen LogP contribution is 2.41. The lowest BCUT2D eigenvalue weighted by Gasteiger charge is -2.27. The zero-order chi connectivity index (χ0) is 28.2. The van der Waals surface area contributed by atoms with E-state index in [1.165, 1.54) is 11.8 Å². The molecule has 2 aliphatic rings. The van der Waals surface area contributed by atoms with Crippen LogP contribution >= 0.6 is 11.8 Å². The van der Waals surface area contributed by atoms with E-state index in [0.717, 1.165) is 34.0 Å². The molecular formula is C31H33N3O5S. The van der Waals surface area contributed by atoms with Gasteiger partial charge in [-0.25, -0.2) is 9.79 Å². The van der Waals surface area contributed by atoms with Crippen LogP contribution in [0.15, 0.2) is 69.9 Å². The Bertz CT molecular complexity index is 1530. The summed E-state index contributed by atoms with van der Waals surface area (Å²) < 4.78 is 12.7. The van der Waals surface area contributed by atoms with Gasteiger partial charge in [0.15, 0.2) is 0 Å². The molecule has 2 aliphatic heterocycles. The number of hydrogen-bond donors (Lipinski definition) is 1. The van der Waals surface area contributed by atoms with E-state index >= 15 is 0 Å². The maximum atomic E-state index is 13.1. The minimum absolute atomic E-state index is 0.0420. The van der Waals surface area contributed by atoms with Crippen LogP contribution in [0.3, 0.4) is 0 Å². The average Bonchev–Trinajstić information content (AvgIpc) is 3.46. The number of benzene rings is 2. The van der Waals surface area contributed by atoms with Crippen molar-refractivity contribution in [3.8, 4) is 0 Å². The summed E-state index contributed by atoms with van der Waals surface area (Å²) in [5, 5.41) is 12.6. The van der Waals surface area contributed by atoms with Gasteiger partial charge < -0.3 is 24.0 Å². The van der Waals surface area contributed by atoms with Crippen molar-refractivity contribution in [3.63, 3.8) is 0 Å². The van der Waals surface area contributed by atoms with E-state index in [4.69, 9.17) is 9.47 Å². The lowest BCUT2D eigenvalue weighted by molar-refractivity contribution is -0.138. The van der Waals surface area contributed by atoms with E-state index in [2.05, 4.69) is 18.0 Å². The Balaban J connectivity index is 1.56. The van der Waals surface area contributed by atoms with Crippen molar-refractivity contribution in [2.75, 3.05) is 32.9 Å². The van der Waals surface area contributed by atoms with Gasteiger partial charge in [0.1, 0.15) is 22.9 Å². The van der Waals surface area contributed by atoms with Crippen molar-refractivity contribution >= 4 is 51.3 Å². The van der Waals surface area contributed by atoms with Gasteiger partial charge in [-0.15, -0.1) is 0 Å². The Hall–Kier alpha value is -3.82. The maximum absolute atomic E-state index is 13.1. The quantitative estimate of drug-likeness (QED) is 0.381. The number of morpholine rings is 1. The topological polar surface area (TPSA) is 93.4 Å². The van der Waals surface area contributed by atoms with Gasteiger partial charge in [-0.2, -0.15) is 0 Å². The van der Waals surface area contributed by atoms with Crippen LogP contribution in [0.1, 0.15) is 30.5 Å². The number of carbonyl (C=O) groups excluding carboxylic acids is 2. The summed E-state index contributed by atoms with van der Waals surface area (Å²) in [6.07, 6.45) is 4.61. The van der Waals surface area contributed by atoms with Crippen molar-refractivity contribution in [2.45, 2.75) is 33.7 Å². The average molecular weight is 560 g/mol. The van der Waals surface area contributed by atoms with Gasteiger partial charge in [0.2, 0.25) is 5.91 Å². The molecule has 2 aromatic carbocycles. The third kappa shape index (κ3) is 5.71. The Kier molecular flexibility index (Phi) is 8.42. The van der Waals surface area contributed by atoms with Gasteiger partial charge in [0.25, 0.3) is 0 Å². The molecule has 0 bridgehead atoms. The summed E-state index contributed by atoms with van der Waals surface area (Å²) in [4.78, 5) is 33.0. The van der Waals surface area contributed by atoms with Gasteiger partial charge in [-0.3, -0.25) is 4.79 Å².